The highest BCUT2D eigenvalue weighted by atomic mass is 35.5. The van der Waals surface area contributed by atoms with Crippen LogP contribution in [0.1, 0.15) is 22.3 Å². The third-order valence-corrected chi connectivity index (χ3v) is 3.69. The fraction of sp³-hybridized carbons (Fsp3) is 0.312. The van der Waals surface area contributed by atoms with Gasteiger partial charge in [-0.05, 0) is 62.7 Å². The van der Waals surface area contributed by atoms with E-state index < -0.39 is 0 Å². The lowest BCUT2D eigenvalue weighted by Gasteiger charge is -2.11. The fourth-order valence-corrected chi connectivity index (χ4v) is 2.21. The molecular formula is C16H19ClN2O. The monoisotopic (exact) mass is 290 g/mol. The summed E-state index contributed by atoms with van der Waals surface area (Å²) < 4.78 is 5.87. The normalized spacial score (nSPS) is 10.7. The molecule has 1 aromatic heterocycles. The summed E-state index contributed by atoms with van der Waals surface area (Å²) in [4.78, 5) is 4.38. The van der Waals surface area contributed by atoms with Gasteiger partial charge in [0, 0.05) is 23.3 Å². The molecule has 3 nitrogen and oxygen atoms in total. The molecule has 1 N–H and O–H groups in total. The minimum Gasteiger partial charge on any atom is -0.439 e. The van der Waals surface area contributed by atoms with Crippen molar-refractivity contribution in [1.82, 2.24) is 10.3 Å². The number of ether oxygens (including phenoxy) is 1. The second kappa shape index (κ2) is 6.25. The number of benzene rings is 1. The number of halogens is 1. The van der Waals surface area contributed by atoms with Crippen molar-refractivity contribution < 1.29 is 4.74 Å². The van der Waals surface area contributed by atoms with Gasteiger partial charge in [-0.25, -0.2) is 4.98 Å². The number of hydrogen-bond acceptors (Lipinski definition) is 3. The minimum atomic E-state index is 0.631. The topological polar surface area (TPSA) is 34.2 Å². The largest absolute Gasteiger partial charge is 0.439 e. The zero-order valence-electron chi connectivity index (χ0n) is 12.2. The average Bonchev–Trinajstić information content (AvgIpc) is 2.39. The maximum absolute atomic E-state index is 6.16. The van der Waals surface area contributed by atoms with Gasteiger partial charge < -0.3 is 10.1 Å². The average molecular weight is 291 g/mol. The maximum atomic E-state index is 6.16. The number of pyridine rings is 1. The standard InChI is InChI=1S/C16H19ClN2O/c1-10-6-14(7-11(2)15(10)17)20-16-12(3)5-13(8-18-4)9-19-16/h5-7,9,18H,8H2,1-4H3. The van der Waals surface area contributed by atoms with Gasteiger partial charge >= 0.3 is 0 Å². The summed E-state index contributed by atoms with van der Waals surface area (Å²) in [6.07, 6.45) is 1.83. The Hall–Kier alpha value is -1.58. The Morgan fingerprint density at radius 3 is 2.30 bits per heavy atom. The van der Waals surface area contributed by atoms with E-state index in [1.54, 1.807) is 0 Å². The lowest BCUT2D eigenvalue weighted by molar-refractivity contribution is 0.457. The van der Waals surface area contributed by atoms with E-state index in [2.05, 4.69) is 16.4 Å². The molecule has 0 aliphatic carbocycles. The molecule has 2 aromatic rings. The van der Waals surface area contributed by atoms with Gasteiger partial charge in [-0.15, -0.1) is 0 Å². The highest BCUT2D eigenvalue weighted by Gasteiger charge is 2.08. The molecule has 0 amide bonds. The molecule has 1 heterocycles. The van der Waals surface area contributed by atoms with E-state index in [1.165, 1.54) is 0 Å². The van der Waals surface area contributed by atoms with Crippen LogP contribution in [-0.2, 0) is 6.54 Å². The summed E-state index contributed by atoms with van der Waals surface area (Å²) in [6.45, 7) is 6.74. The van der Waals surface area contributed by atoms with Crippen LogP contribution in [-0.4, -0.2) is 12.0 Å². The van der Waals surface area contributed by atoms with Gasteiger partial charge in [-0.2, -0.15) is 0 Å². The van der Waals surface area contributed by atoms with Crippen molar-refractivity contribution in [2.45, 2.75) is 27.3 Å². The summed E-state index contributed by atoms with van der Waals surface area (Å²) in [7, 11) is 1.92. The van der Waals surface area contributed by atoms with Gasteiger partial charge in [0.2, 0.25) is 5.88 Å². The summed E-state index contributed by atoms with van der Waals surface area (Å²) in [5.41, 5.74) is 4.17. The maximum Gasteiger partial charge on any atom is 0.222 e. The van der Waals surface area contributed by atoms with E-state index in [0.29, 0.717) is 5.88 Å². The molecule has 0 radical (unpaired) electrons. The second-order valence-electron chi connectivity index (χ2n) is 4.97. The number of hydrogen-bond donors (Lipinski definition) is 1. The predicted octanol–water partition coefficient (Wildman–Crippen LogP) is 4.17. The van der Waals surface area contributed by atoms with E-state index in [4.69, 9.17) is 16.3 Å². The van der Waals surface area contributed by atoms with Crippen LogP contribution in [0.2, 0.25) is 5.02 Å². The highest BCUT2D eigenvalue weighted by Crippen LogP contribution is 2.29. The third kappa shape index (κ3) is 3.30. The first kappa shape index (κ1) is 14.8. The molecule has 0 aliphatic heterocycles. The van der Waals surface area contributed by atoms with Gasteiger partial charge in [0.25, 0.3) is 0 Å². The summed E-state index contributed by atoms with van der Waals surface area (Å²) in [5, 5.41) is 3.89. The van der Waals surface area contributed by atoms with Crippen LogP contribution in [0.15, 0.2) is 24.4 Å². The van der Waals surface area contributed by atoms with Crippen molar-refractivity contribution in [1.29, 1.82) is 0 Å². The molecule has 0 fully saturated rings. The third-order valence-electron chi connectivity index (χ3n) is 3.09. The molecule has 0 atom stereocenters. The Morgan fingerprint density at radius 2 is 1.75 bits per heavy atom. The number of nitrogens with zero attached hydrogens (tertiary/aromatic N) is 1. The first-order valence-corrected chi connectivity index (χ1v) is 6.93. The van der Waals surface area contributed by atoms with Crippen LogP contribution < -0.4 is 10.1 Å². The summed E-state index contributed by atoms with van der Waals surface area (Å²) in [5.74, 6) is 1.40. The summed E-state index contributed by atoms with van der Waals surface area (Å²) >= 11 is 6.16. The molecule has 1 aromatic carbocycles. The Kier molecular flexibility index (Phi) is 4.63. The predicted molar refractivity (Wildman–Crippen MR) is 82.7 cm³/mol. The van der Waals surface area contributed by atoms with Crippen molar-refractivity contribution in [3.8, 4) is 11.6 Å². The lowest BCUT2D eigenvalue weighted by atomic mass is 10.1. The zero-order valence-corrected chi connectivity index (χ0v) is 13.0. The number of rotatable bonds is 4. The molecule has 0 saturated carbocycles. The number of nitrogens with one attached hydrogen (secondary N) is 1. The Bertz CT molecular complexity index is 603. The quantitative estimate of drug-likeness (QED) is 0.917. The van der Waals surface area contributed by atoms with Crippen molar-refractivity contribution in [3.05, 3.63) is 51.7 Å². The van der Waals surface area contributed by atoms with Crippen LogP contribution in [0.5, 0.6) is 11.6 Å². The van der Waals surface area contributed by atoms with Gasteiger partial charge in [0.05, 0.1) is 0 Å². The Balaban J connectivity index is 2.26. The Morgan fingerprint density at radius 1 is 1.10 bits per heavy atom. The molecule has 2 rings (SSSR count). The SMILES string of the molecule is CNCc1cnc(Oc2cc(C)c(Cl)c(C)c2)c(C)c1. The van der Waals surface area contributed by atoms with Crippen molar-refractivity contribution in [3.63, 3.8) is 0 Å². The lowest BCUT2D eigenvalue weighted by Crippen LogP contribution is -2.06. The van der Waals surface area contributed by atoms with Crippen molar-refractivity contribution >= 4 is 11.6 Å². The highest BCUT2D eigenvalue weighted by molar-refractivity contribution is 6.32. The molecule has 0 unspecified atom stereocenters. The summed E-state index contributed by atoms with van der Waals surface area (Å²) in [6, 6.07) is 5.93. The fourth-order valence-electron chi connectivity index (χ4n) is 2.10. The molecule has 0 saturated heterocycles. The van der Waals surface area contributed by atoms with Crippen molar-refractivity contribution in [2.24, 2.45) is 0 Å². The van der Waals surface area contributed by atoms with Crippen LogP contribution >= 0.6 is 11.6 Å². The van der Waals surface area contributed by atoms with Crippen LogP contribution in [0.25, 0.3) is 0 Å². The molecule has 106 valence electrons. The van der Waals surface area contributed by atoms with Gasteiger partial charge in [-0.1, -0.05) is 11.6 Å². The minimum absolute atomic E-state index is 0.631. The number of aromatic nitrogens is 1. The molecule has 0 aliphatic rings. The molecule has 0 bridgehead atoms. The zero-order chi connectivity index (χ0) is 14.7. The van der Waals surface area contributed by atoms with Gasteiger partial charge in [-0.3, -0.25) is 0 Å². The van der Waals surface area contributed by atoms with Crippen molar-refractivity contribution in [2.75, 3.05) is 7.05 Å². The molecule has 0 spiro atoms. The van der Waals surface area contributed by atoms with E-state index in [-0.39, 0.29) is 0 Å². The van der Waals surface area contributed by atoms with E-state index in [0.717, 1.165) is 39.6 Å². The van der Waals surface area contributed by atoms with Crippen LogP contribution in [0, 0.1) is 20.8 Å². The van der Waals surface area contributed by atoms with Crippen LogP contribution in [0.3, 0.4) is 0 Å². The van der Waals surface area contributed by atoms with Gasteiger partial charge in [0.1, 0.15) is 5.75 Å². The van der Waals surface area contributed by atoms with Crippen LogP contribution in [0.4, 0.5) is 0 Å². The molecule has 20 heavy (non-hydrogen) atoms. The number of aryl methyl sites for hydroxylation is 3. The first-order chi connectivity index (χ1) is 9.51. The van der Waals surface area contributed by atoms with E-state index in [9.17, 15) is 0 Å². The smallest absolute Gasteiger partial charge is 0.222 e. The van der Waals surface area contributed by atoms with E-state index >= 15 is 0 Å². The molecular weight excluding hydrogens is 272 g/mol. The second-order valence-corrected chi connectivity index (χ2v) is 5.35. The Labute approximate surface area is 124 Å². The van der Waals surface area contributed by atoms with E-state index in [1.807, 2.05) is 46.1 Å². The first-order valence-electron chi connectivity index (χ1n) is 6.56. The van der Waals surface area contributed by atoms with Gasteiger partial charge in [0.15, 0.2) is 0 Å². The molecule has 4 heteroatoms.